The Morgan fingerprint density at radius 2 is 1.86 bits per heavy atom. The number of hydrogen-bond donors (Lipinski definition) is 1. The van der Waals surface area contributed by atoms with Crippen LogP contribution in [0.3, 0.4) is 0 Å². The zero-order valence-corrected chi connectivity index (χ0v) is 22.8. The largest absolute Gasteiger partial charge is 0.492 e. The molecule has 5 rings (SSSR count). The Labute approximate surface area is 229 Å². The summed E-state index contributed by atoms with van der Waals surface area (Å²) < 4.78 is 13.8. The Hall–Kier alpha value is -2.65. The van der Waals surface area contributed by atoms with Crippen molar-refractivity contribution in [3.05, 3.63) is 98.4 Å². The van der Waals surface area contributed by atoms with Crippen LogP contribution in [0.25, 0.3) is 6.08 Å². The maximum Gasteiger partial charge on any atom is 0.263 e. The van der Waals surface area contributed by atoms with Crippen LogP contribution in [0.1, 0.15) is 22.3 Å². The average Bonchev–Trinajstić information content (AvgIpc) is 3.20. The molecule has 2 aliphatic heterocycles. The van der Waals surface area contributed by atoms with Crippen LogP contribution in [0.15, 0.2) is 76.1 Å². The van der Waals surface area contributed by atoms with Crippen molar-refractivity contribution < 1.29 is 14.3 Å². The minimum Gasteiger partial charge on any atom is -0.492 e. The number of nitrogens with one attached hydrogen (secondary N) is 1. The first-order valence-electron chi connectivity index (χ1n) is 11.7. The fraction of sp³-hybridized carbons (Fsp3) is 0.214. The number of thiocarbonyl (C=S) groups is 1. The number of fused-ring (bicyclic) bond motifs is 1. The van der Waals surface area contributed by atoms with Crippen molar-refractivity contribution in [3.63, 3.8) is 0 Å². The van der Waals surface area contributed by atoms with E-state index in [1.54, 1.807) is 0 Å². The van der Waals surface area contributed by atoms with Crippen LogP contribution >= 0.6 is 39.9 Å². The second-order valence-electron chi connectivity index (χ2n) is 8.58. The second kappa shape index (κ2) is 11.6. The molecule has 2 aliphatic rings. The molecule has 0 saturated carbocycles. The van der Waals surface area contributed by atoms with Gasteiger partial charge < -0.3 is 14.8 Å². The number of amides is 1. The lowest BCUT2D eigenvalue weighted by molar-refractivity contribution is -0.115. The normalized spacial score (nSPS) is 16.6. The number of benzene rings is 3. The molecule has 1 fully saturated rings. The lowest BCUT2D eigenvalue weighted by Crippen LogP contribution is -2.33. The number of nitrogens with zero attached hydrogens (tertiary/aromatic N) is 1. The van der Waals surface area contributed by atoms with Crippen LogP contribution in [0.2, 0.25) is 0 Å². The smallest absolute Gasteiger partial charge is 0.263 e. The summed E-state index contributed by atoms with van der Waals surface area (Å²) in [5.41, 5.74) is 4.67. The van der Waals surface area contributed by atoms with Gasteiger partial charge in [0.1, 0.15) is 29.0 Å². The highest BCUT2D eigenvalue weighted by atomic mass is 79.9. The van der Waals surface area contributed by atoms with E-state index >= 15 is 0 Å². The molecular formula is C28H25BrN2O3S2. The van der Waals surface area contributed by atoms with E-state index in [1.807, 2.05) is 48.5 Å². The summed E-state index contributed by atoms with van der Waals surface area (Å²) >= 11 is 9.96. The summed E-state index contributed by atoms with van der Waals surface area (Å²) in [7, 11) is 0. The minimum absolute atomic E-state index is 0.190. The standard InChI is InChI=1S/C28H25BrN2O3S2/c29-24-8-4-3-7-22(24)18-34-25-16-23(10-9-20(25)15-26-27(32)30-28(35)36-26)33-14-13-31-12-11-19-5-1-2-6-21(19)17-31/h1-10,15-16H,11-14,17-18H2,(H,30,32,35)/b26-15-. The number of carbonyl (C=O) groups is 1. The predicted molar refractivity (Wildman–Crippen MR) is 152 cm³/mol. The molecule has 5 nitrogen and oxygen atoms in total. The van der Waals surface area contributed by atoms with Crippen LogP contribution in [-0.4, -0.2) is 34.8 Å². The van der Waals surface area contributed by atoms with E-state index in [9.17, 15) is 4.79 Å². The molecule has 184 valence electrons. The molecule has 36 heavy (non-hydrogen) atoms. The molecule has 2 heterocycles. The molecule has 0 bridgehead atoms. The number of rotatable bonds is 8. The van der Waals surface area contributed by atoms with Gasteiger partial charge in [0.2, 0.25) is 0 Å². The van der Waals surface area contributed by atoms with E-state index in [1.165, 1.54) is 22.9 Å². The van der Waals surface area contributed by atoms with Crippen LogP contribution in [0.5, 0.6) is 11.5 Å². The Morgan fingerprint density at radius 1 is 1.06 bits per heavy atom. The molecule has 8 heteroatoms. The van der Waals surface area contributed by atoms with Crippen molar-refractivity contribution >= 4 is 56.2 Å². The van der Waals surface area contributed by atoms with Crippen LogP contribution in [0, 0.1) is 0 Å². The van der Waals surface area contributed by atoms with Crippen molar-refractivity contribution in [2.24, 2.45) is 0 Å². The van der Waals surface area contributed by atoms with Gasteiger partial charge in [0.05, 0.1) is 4.91 Å². The van der Waals surface area contributed by atoms with E-state index in [-0.39, 0.29) is 5.91 Å². The highest BCUT2D eigenvalue weighted by molar-refractivity contribution is 9.10. The fourth-order valence-electron chi connectivity index (χ4n) is 4.22. The summed E-state index contributed by atoms with van der Waals surface area (Å²) in [5.74, 6) is 1.19. The van der Waals surface area contributed by atoms with E-state index in [2.05, 4.69) is 50.4 Å². The van der Waals surface area contributed by atoms with Crippen molar-refractivity contribution in [1.82, 2.24) is 10.2 Å². The summed E-state index contributed by atoms with van der Waals surface area (Å²) in [6, 6.07) is 22.3. The van der Waals surface area contributed by atoms with E-state index in [4.69, 9.17) is 21.7 Å². The maximum atomic E-state index is 12.2. The van der Waals surface area contributed by atoms with Gasteiger partial charge in [0, 0.05) is 41.3 Å². The lowest BCUT2D eigenvalue weighted by atomic mass is 10.0. The van der Waals surface area contributed by atoms with Gasteiger partial charge in [-0.1, -0.05) is 82.4 Å². The molecule has 0 spiro atoms. The minimum atomic E-state index is -0.190. The summed E-state index contributed by atoms with van der Waals surface area (Å²) in [5, 5.41) is 2.66. The van der Waals surface area contributed by atoms with Gasteiger partial charge in [-0.25, -0.2) is 0 Å². The Kier molecular flexibility index (Phi) is 8.06. The zero-order valence-electron chi connectivity index (χ0n) is 19.5. The average molecular weight is 582 g/mol. The molecule has 3 aromatic carbocycles. The van der Waals surface area contributed by atoms with Crippen LogP contribution < -0.4 is 14.8 Å². The molecule has 1 amide bonds. The summed E-state index contributed by atoms with van der Waals surface area (Å²) in [6.07, 6.45) is 2.88. The lowest BCUT2D eigenvalue weighted by Gasteiger charge is -2.28. The van der Waals surface area contributed by atoms with Gasteiger partial charge in [-0.3, -0.25) is 9.69 Å². The number of thioether (sulfide) groups is 1. The van der Waals surface area contributed by atoms with Crippen LogP contribution in [0.4, 0.5) is 0 Å². The molecular weight excluding hydrogens is 556 g/mol. The van der Waals surface area contributed by atoms with E-state index in [0.717, 1.165) is 47.4 Å². The molecule has 0 atom stereocenters. The van der Waals surface area contributed by atoms with Gasteiger partial charge in [-0.2, -0.15) is 0 Å². The molecule has 0 unspecified atom stereocenters. The van der Waals surface area contributed by atoms with Gasteiger partial charge in [0.25, 0.3) is 5.91 Å². The van der Waals surface area contributed by atoms with E-state index in [0.29, 0.717) is 28.2 Å². The SMILES string of the molecule is O=C1NC(=S)S/C1=C\c1ccc(OCCN2CCc3ccccc3C2)cc1OCc1ccccc1Br. The third-order valence-corrected chi connectivity index (χ3v) is 8.08. The number of carbonyl (C=O) groups excluding carboxylic acids is 1. The van der Waals surface area contributed by atoms with Gasteiger partial charge in [-0.15, -0.1) is 0 Å². The number of halogens is 1. The maximum absolute atomic E-state index is 12.2. The van der Waals surface area contributed by atoms with Crippen molar-refractivity contribution in [2.45, 2.75) is 19.6 Å². The summed E-state index contributed by atoms with van der Waals surface area (Å²) in [4.78, 5) is 15.2. The summed E-state index contributed by atoms with van der Waals surface area (Å²) in [6.45, 7) is 3.80. The Morgan fingerprint density at radius 3 is 2.67 bits per heavy atom. The second-order valence-corrected chi connectivity index (χ2v) is 11.1. The molecule has 1 N–H and O–H groups in total. The topological polar surface area (TPSA) is 50.8 Å². The van der Waals surface area contributed by atoms with Crippen LogP contribution in [-0.2, 0) is 24.4 Å². The molecule has 3 aromatic rings. The fourth-order valence-corrected chi connectivity index (χ4v) is 5.65. The first-order chi connectivity index (χ1) is 17.5. The number of hydrogen-bond acceptors (Lipinski definition) is 6. The molecule has 0 aliphatic carbocycles. The molecule has 1 saturated heterocycles. The van der Waals surface area contributed by atoms with E-state index < -0.39 is 0 Å². The monoisotopic (exact) mass is 580 g/mol. The highest BCUT2D eigenvalue weighted by Crippen LogP contribution is 2.32. The van der Waals surface area contributed by atoms with Gasteiger partial charge in [0.15, 0.2) is 0 Å². The Balaban J connectivity index is 1.28. The van der Waals surface area contributed by atoms with Crippen molar-refractivity contribution in [1.29, 1.82) is 0 Å². The van der Waals surface area contributed by atoms with Crippen molar-refractivity contribution in [3.8, 4) is 11.5 Å². The van der Waals surface area contributed by atoms with Gasteiger partial charge >= 0.3 is 0 Å². The number of ether oxygens (including phenoxy) is 2. The first-order valence-corrected chi connectivity index (χ1v) is 13.7. The zero-order chi connectivity index (χ0) is 24.9. The first kappa shape index (κ1) is 25.0. The quantitative estimate of drug-likeness (QED) is 0.262. The highest BCUT2D eigenvalue weighted by Gasteiger charge is 2.23. The Bertz CT molecular complexity index is 1330. The third kappa shape index (κ3) is 6.18. The third-order valence-electron chi connectivity index (χ3n) is 6.14. The predicted octanol–water partition coefficient (Wildman–Crippen LogP) is 5.95. The molecule has 0 radical (unpaired) electrons. The van der Waals surface area contributed by atoms with Crippen molar-refractivity contribution in [2.75, 3.05) is 19.7 Å². The molecule has 0 aromatic heterocycles. The van der Waals surface area contributed by atoms with Gasteiger partial charge in [-0.05, 0) is 41.8 Å².